The van der Waals surface area contributed by atoms with Gasteiger partial charge in [0.25, 0.3) is 0 Å². The molecule has 0 radical (unpaired) electrons. The normalized spacial score (nSPS) is 12.6. The Morgan fingerprint density at radius 1 is 1.25 bits per heavy atom. The Labute approximate surface area is 119 Å². The van der Waals surface area contributed by atoms with Crippen molar-refractivity contribution >= 4 is 22.6 Å². The smallest absolute Gasteiger partial charge is 0.328 e. The number of benzene rings is 2. The van der Waals surface area contributed by atoms with E-state index in [1.807, 2.05) is 36.4 Å². The summed E-state index contributed by atoms with van der Waals surface area (Å²) in [5.74, 6) is -0.824. The number of ether oxygens (including phenoxy) is 1. The zero-order valence-electron chi connectivity index (χ0n) is 12.5. The Kier molecular flexibility index (Phi) is 3.92. The summed E-state index contributed by atoms with van der Waals surface area (Å²) in [5, 5.41) is 4.35. The summed E-state index contributed by atoms with van der Waals surface area (Å²) in [6, 6.07) is 10.9. The Morgan fingerprint density at radius 2 is 1.95 bits per heavy atom. The molecule has 0 aliphatic rings. The molecule has 0 aliphatic heterocycles. The number of amides is 1. The monoisotopic (exact) mass is 272 g/mol. The van der Waals surface area contributed by atoms with Crippen molar-refractivity contribution in [1.82, 2.24) is 5.32 Å². The van der Waals surface area contributed by atoms with Crippen molar-refractivity contribution in [3.63, 3.8) is 0 Å². The fraction of sp³-hybridized carbons (Fsp3) is 0.250. The fourth-order valence-corrected chi connectivity index (χ4v) is 2.08. The van der Waals surface area contributed by atoms with Crippen molar-refractivity contribution in [2.75, 3.05) is 7.11 Å². The van der Waals surface area contributed by atoms with E-state index < -0.39 is 12.0 Å². The minimum Gasteiger partial charge on any atom is -0.467 e. The minimum absolute atomic E-state index is 0.232. The van der Waals surface area contributed by atoms with Crippen molar-refractivity contribution in [2.45, 2.75) is 19.4 Å². The van der Waals surface area contributed by atoms with E-state index in [1.165, 1.54) is 14.0 Å². The minimum atomic E-state index is -0.780. The fourth-order valence-electron chi connectivity index (χ4n) is 2.08. The SMILES string of the molecule is [2H]c1c(C[C@H](NC(C)=O)C(=O)OC)ccc2ccccc12. The van der Waals surface area contributed by atoms with Gasteiger partial charge in [-0.3, -0.25) is 4.79 Å². The second-order valence-electron chi connectivity index (χ2n) is 4.55. The highest BCUT2D eigenvalue weighted by Crippen LogP contribution is 2.16. The second kappa shape index (κ2) is 6.19. The summed E-state index contributed by atoms with van der Waals surface area (Å²) >= 11 is 0. The Morgan fingerprint density at radius 3 is 2.60 bits per heavy atom. The van der Waals surface area contributed by atoms with Crippen LogP contribution in [0, 0.1) is 0 Å². The summed E-state index contributed by atoms with van der Waals surface area (Å²) in [6.07, 6.45) is 0.232. The van der Waals surface area contributed by atoms with Crippen LogP contribution < -0.4 is 5.32 Å². The third-order valence-corrected chi connectivity index (χ3v) is 3.01. The van der Waals surface area contributed by atoms with Gasteiger partial charge in [-0.15, -0.1) is 0 Å². The van der Waals surface area contributed by atoms with Crippen LogP contribution >= 0.6 is 0 Å². The lowest BCUT2D eigenvalue weighted by Gasteiger charge is -2.15. The van der Waals surface area contributed by atoms with Gasteiger partial charge in [-0.2, -0.15) is 0 Å². The molecule has 4 heteroatoms. The number of rotatable bonds is 4. The lowest BCUT2D eigenvalue weighted by atomic mass is 10.0. The molecule has 0 aromatic heterocycles. The molecule has 0 saturated carbocycles. The van der Waals surface area contributed by atoms with Crippen molar-refractivity contribution in [3.05, 3.63) is 48.0 Å². The van der Waals surface area contributed by atoms with Gasteiger partial charge >= 0.3 is 5.97 Å². The highest BCUT2D eigenvalue weighted by atomic mass is 16.5. The van der Waals surface area contributed by atoms with Gasteiger partial charge in [0.05, 0.1) is 8.48 Å². The van der Waals surface area contributed by atoms with E-state index >= 15 is 0 Å². The van der Waals surface area contributed by atoms with Crippen molar-refractivity contribution in [3.8, 4) is 0 Å². The van der Waals surface area contributed by atoms with Gasteiger partial charge in [-0.25, -0.2) is 4.79 Å². The molecule has 1 N–H and O–H groups in total. The van der Waals surface area contributed by atoms with Crippen LogP contribution in [0.15, 0.2) is 42.4 Å². The van der Waals surface area contributed by atoms with Gasteiger partial charge in [0.1, 0.15) is 6.04 Å². The largest absolute Gasteiger partial charge is 0.467 e. The van der Waals surface area contributed by atoms with Gasteiger partial charge in [0, 0.05) is 13.3 Å². The first-order chi connectivity index (χ1) is 10.0. The standard InChI is InChI=1S/C16H17NO3/c1-11(18)17-15(16(19)20-2)10-12-7-8-13-5-3-4-6-14(13)9-12/h3-9,15H,10H2,1-2H3,(H,17,18)/t15-/m0/s1/i9D. The van der Waals surface area contributed by atoms with Gasteiger partial charge in [-0.1, -0.05) is 42.4 Å². The molecule has 0 aliphatic carbocycles. The number of carbonyl (C=O) groups excluding carboxylic acids is 2. The van der Waals surface area contributed by atoms with Crippen LogP contribution in [-0.4, -0.2) is 25.0 Å². The third kappa shape index (κ3) is 3.35. The average Bonchev–Trinajstić information content (AvgIpc) is 2.48. The molecule has 0 unspecified atom stereocenters. The van der Waals surface area contributed by atoms with E-state index in [0.717, 1.165) is 10.8 Å². The number of fused-ring (bicyclic) bond motifs is 1. The predicted molar refractivity (Wildman–Crippen MR) is 77.3 cm³/mol. The Hall–Kier alpha value is -2.36. The summed E-state index contributed by atoms with van der Waals surface area (Å²) < 4.78 is 12.9. The molecule has 0 fully saturated rings. The number of hydrogen-bond acceptors (Lipinski definition) is 3. The van der Waals surface area contributed by atoms with Crippen molar-refractivity contribution in [1.29, 1.82) is 0 Å². The molecule has 2 rings (SSSR count). The first kappa shape index (κ1) is 12.7. The number of hydrogen-bond donors (Lipinski definition) is 1. The number of carbonyl (C=O) groups is 2. The Bertz CT molecular complexity index is 684. The van der Waals surface area contributed by atoms with Gasteiger partial charge < -0.3 is 10.1 Å². The molecule has 2 aromatic rings. The molecule has 0 heterocycles. The van der Waals surface area contributed by atoms with E-state index in [4.69, 9.17) is 6.11 Å². The van der Waals surface area contributed by atoms with E-state index in [1.54, 1.807) is 0 Å². The summed E-state index contributed by atoms with van der Waals surface area (Å²) in [4.78, 5) is 22.9. The van der Waals surface area contributed by atoms with Crippen LogP contribution in [0.2, 0.25) is 0 Å². The molecule has 104 valence electrons. The number of methoxy groups -OCH3 is 1. The summed E-state index contributed by atoms with van der Waals surface area (Å²) in [5.41, 5.74) is 0.692. The Balaban J connectivity index is 2.34. The molecular weight excluding hydrogens is 254 g/mol. The molecule has 2 aromatic carbocycles. The maximum atomic E-state index is 11.7. The van der Waals surface area contributed by atoms with Crippen LogP contribution in [0.5, 0.6) is 0 Å². The maximum Gasteiger partial charge on any atom is 0.328 e. The molecule has 4 nitrogen and oxygen atoms in total. The van der Waals surface area contributed by atoms with Crippen LogP contribution in [-0.2, 0) is 20.7 Å². The zero-order chi connectivity index (χ0) is 15.4. The van der Waals surface area contributed by atoms with Gasteiger partial charge in [0.2, 0.25) is 5.91 Å². The van der Waals surface area contributed by atoms with E-state index in [-0.39, 0.29) is 12.3 Å². The van der Waals surface area contributed by atoms with E-state index in [2.05, 4.69) is 5.32 Å². The molecular formula is C16H17NO3. The van der Waals surface area contributed by atoms with E-state index in [9.17, 15) is 9.59 Å². The first-order valence-electron chi connectivity index (χ1n) is 6.85. The highest BCUT2D eigenvalue weighted by molar-refractivity contribution is 5.85. The van der Waals surface area contributed by atoms with Crippen molar-refractivity contribution < 1.29 is 15.7 Å². The van der Waals surface area contributed by atoms with E-state index in [0.29, 0.717) is 11.6 Å². The molecule has 0 saturated heterocycles. The number of nitrogens with one attached hydrogen (secondary N) is 1. The molecule has 1 atom stereocenters. The third-order valence-electron chi connectivity index (χ3n) is 3.01. The van der Waals surface area contributed by atoms with Crippen LogP contribution in [0.4, 0.5) is 0 Å². The predicted octanol–water partition coefficient (Wildman–Crippen LogP) is 2.06. The summed E-state index contributed by atoms with van der Waals surface area (Å²) in [6.45, 7) is 1.35. The molecule has 0 bridgehead atoms. The molecule has 20 heavy (non-hydrogen) atoms. The van der Waals surface area contributed by atoms with Crippen LogP contribution in [0.3, 0.4) is 0 Å². The highest BCUT2D eigenvalue weighted by Gasteiger charge is 2.20. The average molecular weight is 272 g/mol. The maximum absolute atomic E-state index is 11.7. The summed E-state index contributed by atoms with van der Waals surface area (Å²) in [7, 11) is 1.28. The first-order valence-corrected chi connectivity index (χ1v) is 6.35. The van der Waals surface area contributed by atoms with Crippen LogP contribution in [0.25, 0.3) is 10.8 Å². The van der Waals surface area contributed by atoms with Crippen molar-refractivity contribution in [2.24, 2.45) is 0 Å². The second-order valence-corrected chi connectivity index (χ2v) is 4.55. The molecule has 1 amide bonds. The van der Waals surface area contributed by atoms with Gasteiger partial charge in [0.15, 0.2) is 0 Å². The topological polar surface area (TPSA) is 55.4 Å². The quantitative estimate of drug-likeness (QED) is 0.867. The van der Waals surface area contributed by atoms with Gasteiger partial charge in [-0.05, 0) is 16.3 Å². The van der Waals surface area contributed by atoms with Crippen LogP contribution in [0.1, 0.15) is 13.9 Å². The lowest BCUT2D eigenvalue weighted by Crippen LogP contribution is -2.41. The zero-order valence-corrected chi connectivity index (χ0v) is 11.5. The molecule has 0 spiro atoms. The lowest BCUT2D eigenvalue weighted by molar-refractivity contribution is -0.144. The number of esters is 1.